The summed E-state index contributed by atoms with van der Waals surface area (Å²) in [7, 11) is 0. The summed E-state index contributed by atoms with van der Waals surface area (Å²) in [5, 5.41) is 16.0. The van der Waals surface area contributed by atoms with E-state index in [-0.39, 0.29) is 11.4 Å². The lowest BCUT2D eigenvalue weighted by Gasteiger charge is -2.24. The molecule has 144 valence electrons. The molecule has 6 nitrogen and oxygen atoms in total. The summed E-state index contributed by atoms with van der Waals surface area (Å²) in [4.78, 5) is 3.39. The highest BCUT2D eigenvalue weighted by molar-refractivity contribution is 8.00. The van der Waals surface area contributed by atoms with E-state index in [1.807, 2.05) is 16.8 Å². The van der Waals surface area contributed by atoms with Crippen LogP contribution in [-0.2, 0) is 4.74 Å². The van der Waals surface area contributed by atoms with Gasteiger partial charge in [0.2, 0.25) is 5.16 Å². The van der Waals surface area contributed by atoms with Crippen molar-refractivity contribution in [2.24, 2.45) is 5.10 Å². The Hall–Kier alpha value is -2.90. The van der Waals surface area contributed by atoms with Gasteiger partial charge in [0, 0.05) is 29.3 Å². The largest absolute Gasteiger partial charge is 0.370 e. The third-order valence-corrected chi connectivity index (χ3v) is 6.70. The SMILES string of the molecule is c1ccc([C@H]2Sc3nnc([C@@H]4CCCO4)n3N=C2c2c[nH]c3ccccc23)cc1. The van der Waals surface area contributed by atoms with Crippen molar-refractivity contribution in [1.82, 2.24) is 19.9 Å². The minimum atomic E-state index is -0.0295. The van der Waals surface area contributed by atoms with Gasteiger partial charge in [-0.05, 0) is 24.5 Å². The van der Waals surface area contributed by atoms with Crippen LogP contribution in [0.3, 0.4) is 0 Å². The summed E-state index contributed by atoms with van der Waals surface area (Å²) in [5.74, 6) is 0.800. The lowest BCUT2D eigenvalue weighted by atomic mass is 10.0. The number of aromatic nitrogens is 4. The fourth-order valence-electron chi connectivity index (χ4n) is 4.08. The molecule has 2 atom stereocenters. The van der Waals surface area contributed by atoms with E-state index >= 15 is 0 Å². The summed E-state index contributed by atoms with van der Waals surface area (Å²) in [6, 6.07) is 18.8. The lowest BCUT2D eigenvalue weighted by molar-refractivity contribution is 0.102. The van der Waals surface area contributed by atoms with Crippen LogP contribution in [0, 0.1) is 0 Å². The minimum absolute atomic E-state index is 0.0295. The van der Waals surface area contributed by atoms with Crippen LogP contribution in [0.5, 0.6) is 0 Å². The molecule has 0 amide bonds. The number of H-pyrrole nitrogens is 1. The molecule has 4 aromatic rings. The Labute approximate surface area is 172 Å². The number of hydrogen-bond donors (Lipinski definition) is 1. The zero-order valence-corrected chi connectivity index (χ0v) is 16.5. The summed E-state index contributed by atoms with van der Waals surface area (Å²) < 4.78 is 7.75. The van der Waals surface area contributed by atoms with E-state index in [2.05, 4.69) is 63.8 Å². The first-order valence-electron chi connectivity index (χ1n) is 9.82. The Morgan fingerprint density at radius 2 is 1.90 bits per heavy atom. The molecule has 1 saturated heterocycles. The molecule has 0 bridgehead atoms. The number of nitrogens with one attached hydrogen (secondary N) is 1. The molecular formula is C22H19N5OS. The van der Waals surface area contributed by atoms with Gasteiger partial charge in [-0.25, -0.2) is 0 Å². The molecule has 7 heteroatoms. The van der Waals surface area contributed by atoms with Crippen LogP contribution in [0.1, 0.15) is 41.1 Å². The average molecular weight is 401 g/mol. The molecule has 1 fully saturated rings. The van der Waals surface area contributed by atoms with E-state index in [1.165, 1.54) is 10.9 Å². The summed E-state index contributed by atoms with van der Waals surface area (Å²) >= 11 is 1.69. The second-order valence-electron chi connectivity index (χ2n) is 7.30. The average Bonchev–Trinajstić information content (AvgIpc) is 3.52. The number of hydrogen-bond acceptors (Lipinski definition) is 5. The molecular weight excluding hydrogens is 382 g/mol. The summed E-state index contributed by atoms with van der Waals surface area (Å²) in [5.41, 5.74) is 4.43. The highest BCUT2D eigenvalue weighted by atomic mass is 32.2. The van der Waals surface area contributed by atoms with Crippen LogP contribution in [0.15, 0.2) is 71.1 Å². The van der Waals surface area contributed by atoms with Crippen molar-refractivity contribution >= 4 is 28.4 Å². The lowest BCUT2D eigenvalue weighted by Crippen LogP contribution is -2.19. The Bertz CT molecular complexity index is 1210. The fourth-order valence-corrected chi connectivity index (χ4v) is 5.19. The van der Waals surface area contributed by atoms with Gasteiger partial charge >= 0.3 is 0 Å². The number of aromatic amines is 1. The van der Waals surface area contributed by atoms with E-state index in [1.54, 1.807) is 11.8 Å². The topological polar surface area (TPSA) is 68.1 Å². The third kappa shape index (κ3) is 2.81. The molecule has 0 spiro atoms. The van der Waals surface area contributed by atoms with Crippen LogP contribution in [0.2, 0.25) is 0 Å². The predicted octanol–water partition coefficient (Wildman–Crippen LogP) is 4.71. The quantitative estimate of drug-likeness (QED) is 0.540. The summed E-state index contributed by atoms with van der Waals surface area (Å²) in [6.07, 6.45) is 4.04. The van der Waals surface area contributed by atoms with Gasteiger partial charge < -0.3 is 9.72 Å². The van der Waals surface area contributed by atoms with Crippen molar-refractivity contribution in [2.75, 3.05) is 6.61 Å². The van der Waals surface area contributed by atoms with Gasteiger partial charge in [0.1, 0.15) is 6.10 Å². The first kappa shape index (κ1) is 17.0. The van der Waals surface area contributed by atoms with Gasteiger partial charge in [-0.2, -0.15) is 9.78 Å². The fraction of sp³-hybridized carbons (Fsp3) is 0.227. The molecule has 2 aliphatic heterocycles. The molecule has 2 aromatic heterocycles. The number of nitrogens with zero attached hydrogens (tertiary/aromatic N) is 4. The Balaban J connectivity index is 1.54. The molecule has 4 heterocycles. The van der Waals surface area contributed by atoms with E-state index < -0.39 is 0 Å². The number of thioether (sulfide) groups is 1. The molecule has 0 unspecified atom stereocenters. The second kappa shape index (κ2) is 6.86. The van der Waals surface area contributed by atoms with Crippen molar-refractivity contribution in [3.8, 4) is 0 Å². The Morgan fingerprint density at radius 1 is 1.03 bits per heavy atom. The zero-order valence-electron chi connectivity index (χ0n) is 15.7. The Kier molecular flexibility index (Phi) is 4.02. The van der Waals surface area contributed by atoms with Crippen molar-refractivity contribution in [3.05, 3.63) is 77.7 Å². The van der Waals surface area contributed by atoms with Crippen LogP contribution >= 0.6 is 11.8 Å². The number of ether oxygens (including phenoxy) is 1. The van der Waals surface area contributed by atoms with E-state index in [9.17, 15) is 0 Å². The highest BCUT2D eigenvalue weighted by Crippen LogP contribution is 2.43. The molecule has 6 rings (SSSR count). The Morgan fingerprint density at radius 3 is 2.76 bits per heavy atom. The maximum absolute atomic E-state index is 5.86. The number of fused-ring (bicyclic) bond motifs is 2. The van der Waals surface area contributed by atoms with Crippen molar-refractivity contribution in [2.45, 2.75) is 29.4 Å². The van der Waals surface area contributed by atoms with Crippen LogP contribution in [-0.4, -0.2) is 32.2 Å². The standard InChI is InChI=1S/C22H19N5OS/c1-2-7-14(8-3-1)20-19(16-13-23-17-10-5-4-9-15(16)17)26-27-21(18-11-6-12-28-18)24-25-22(27)29-20/h1-5,7-10,13,18,20,23H,6,11-12H2/t18-,20+/m0/s1. The van der Waals surface area contributed by atoms with E-state index in [4.69, 9.17) is 9.84 Å². The molecule has 29 heavy (non-hydrogen) atoms. The van der Waals surface area contributed by atoms with E-state index in [0.29, 0.717) is 0 Å². The van der Waals surface area contributed by atoms with Gasteiger partial charge in [0.25, 0.3) is 0 Å². The first-order chi connectivity index (χ1) is 14.4. The third-order valence-electron chi connectivity index (χ3n) is 5.50. The monoisotopic (exact) mass is 401 g/mol. The molecule has 2 aromatic carbocycles. The predicted molar refractivity (Wildman–Crippen MR) is 113 cm³/mol. The van der Waals surface area contributed by atoms with Crippen LogP contribution in [0.25, 0.3) is 10.9 Å². The van der Waals surface area contributed by atoms with Crippen molar-refractivity contribution < 1.29 is 4.74 Å². The van der Waals surface area contributed by atoms with Gasteiger partial charge in [0.05, 0.1) is 11.0 Å². The van der Waals surface area contributed by atoms with Crippen LogP contribution < -0.4 is 0 Å². The van der Waals surface area contributed by atoms with Crippen molar-refractivity contribution in [1.29, 1.82) is 0 Å². The van der Waals surface area contributed by atoms with Gasteiger partial charge in [-0.15, -0.1) is 10.2 Å². The number of rotatable bonds is 3. The highest BCUT2D eigenvalue weighted by Gasteiger charge is 2.33. The summed E-state index contributed by atoms with van der Waals surface area (Å²) in [6.45, 7) is 0.770. The zero-order chi connectivity index (χ0) is 19.2. The smallest absolute Gasteiger partial charge is 0.213 e. The maximum Gasteiger partial charge on any atom is 0.213 e. The normalized spacial score (nSPS) is 21.3. The van der Waals surface area contributed by atoms with Crippen LogP contribution in [0.4, 0.5) is 0 Å². The molecule has 0 saturated carbocycles. The molecule has 0 aliphatic carbocycles. The molecule has 1 N–H and O–H groups in total. The molecule has 2 aliphatic rings. The van der Waals surface area contributed by atoms with Gasteiger partial charge in [-0.1, -0.05) is 60.3 Å². The first-order valence-corrected chi connectivity index (χ1v) is 10.7. The number of benzene rings is 2. The van der Waals surface area contributed by atoms with Crippen molar-refractivity contribution in [3.63, 3.8) is 0 Å². The second-order valence-corrected chi connectivity index (χ2v) is 8.37. The van der Waals surface area contributed by atoms with Gasteiger partial charge in [0.15, 0.2) is 5.82 Å². The number of para-hydroxylation sites is 1. The minimum Gasteiger partial charge on any atom is -0.370 e. The van der Waals surface area contributed by atoms with Gasteiger partial charge in [-0.3, -0.25) is 0 Å². The molecule has 0 radical (unpaired) electrons. The maximum atomic E-state index is 5.86. The van der Waals surface area contributed by atoms with E-state index in [0.717, 1.165) is 47.2 Å².